The number of nitrogens with one attached hydrogen (secondary N) is 3. The van der Waals surface area contributed by atoms with Crippen LogP contribution in [0.3, 0.4) is 0 Å². The molecule has 4 bridgehead atoms. The van der Waals surface area contributed by atoms with Gasteiger partial charge in [0.2, 0.25) is 21.8 Å². The molecule has 2 aliphatic carbocycles. The number of cyclic esters (lactones) is 1. The molecular formula is C38H53N5O10S. The van der Waals surface area contributed by atoms with E-state index in [1.807, 2.05) is 13.0 Å². The molecule has 5 aliphatic rings. The Hall–Kier alpha value is -4.21. The average molecular weight is 772 g/mol. The van der Waals surface area contributed by atoms with E-state index in [0.717, 1.165) is 30.4 Å². The Balaban J connectivity index is 1.26. The first kappa shape index (κ1) is 39.5. The molecule has 15 nitrogen and oxygen atoms in total. The van der Waals surface area contributed by atoms with Crippen molar-refractivity contribution >= 4 is 45.7 Å². The second-order valence-electron chi connectivity index (χ2n) is 16.6. The Morgan fingerprint density at radius 1 is 1.04 bits per heavy atom. The zero-order chi connectivity index (χ0) is 39.0. The minimum absolute atomic E-state index is 0.0546. The van der Waals surface area contributed by atoms with Crippen LogP contribution in [0.15, 0.2) is 18.2 Å². The molecule has 5 atom stereocenters. The van der Waals surface area contributed by atoms with Gasteiger partial charge in [0.1, 0.15) is 12.1 Å². The van der Waals surface area contributed by atoms with Crippen LogP contribution in [0.2, 0.25) is 0 Å². The van der Waals surface area contributed by atoms with Gasteiger partial charge < -0.3 is 25.0 Å². The summed E-state index contributed by atoms with van der Waals surface area (Å²) in [6.45, 7) is 8.00. The first-order valence-corrected chi connectivity index (χ1v) is 20.8. The molecule has 5 amide bonds. The minimum Gasteiger partial charge on any atom is -0.450 e. The summed E-state index contributed by atoms with van der Waals surface area (Å²) in [6, 6.07) is 3.13. The van der Waals surface area contributed by atoms with Crippen LogP contribution in [0.25, 0.3) is 0 Å². The minimum atomic E-state index is -3.86. The number of ether oxygens (including phenoxy) is 2. The van der Waals surface area contributed by atoms with Crippen molar-refractivity contribution in [2.75, 3.05) is 19.7 Å². The predicted molar refractivity (Wildman–Crippen MR) is 195 cm³/mol. The van der Waals surface area contributed by atoms with Crippen LogP contribution in [0.4, 0.5) is 9.59 Å². The van der Waals surface area contributed by atoms with E-state index in [2.05, 4.69) is 15.4 Å². The maximum Gasteiger partial charge on any atom is 0.410 e. The van der Waals surface area contributed by atoms with Crippen molar-refractivity contribution in [3.63, 3.8) is 0 Å². The van der Waals surface area contributed by atoms with Crippen molar-refractivity contribution in [1.82, 2.24) is 25.2 Å². The van der Waals surface area contributed by atoms with Gasteiger partial charge in [-0.05, 0) is 67.1 Å². The number of fused-ring (bicyclic) bond motifs is 3. The molecule has 3 aliphatic heterocycles. The maximum absolute atomic E-state index is 14.5. The first-order chi connectivity index (χ1) is 25.5. The van der Waals surface area contributed by atoms with Crippen molar-refractivity contribution in [1.29, 1.82) is 0 Å². The molecule has 296 valence electrons. The molecule has 0 radical (unpaired) electrons. The number of hydrogen-bond acceptors (Lipinski definition) is 10. The van der Waals surface area contributed by atoms with Crippen molar-refractivity contribution < 1.29 is 46.7 Å². The van der Waals surface area contributed by atoms with Crippen molar-refractivity contribution in [3.05, 3.63) is 34.9 Å². The van der Waals surface area contributed by atoms with Crippen LogP contribution in [0.5, 0.6) is 0 Å². The fourth-order valence-corrected chi connectivity index (χ4v) is 9.43. The molecular weight excluding hydrogens is 719 g/mol. The summed E-state index contributed by atoms with van der Waals surface area (Å²) in [5.41, 5.74) is -0.0317. The fourth-order valence-electron chi connectivity index (χ4n) is 8.04. The van der Waals surface area contributed by atoms with E-state index >= 15 is 0 Å². The lowest BCUT2D eigenvalue weighted by molar-refractivity contribution is -0.142. The molecule has 1 unspecified atom stereocenters. The zero-order valence-electron chi connectivity index (χ0n) is 31.6. The van der Waals surface area contributed by atoms with E-state index in [-0.39, 0.29) is 50.9 Å². The fraction of sp³-hybridized carbons (Fsp3) is 0.684. The highest BCUT2D eigenvalue weighted by atomic mass is 32.2. The molecule has 16 heteroatoms. The van der Waals surface area contributed by atoms with E-state index < -0.39 is 74.1 Å². The number of hydrogen-bond donors (Lipinski definition) is 3. The third-order valence-corrected chi connectivity index (χ3v) is 13.3. The van der Waals surface area contributed by atoms with Gasteiger partial charge in [-0.2, -0.15) is 0 Å². The summed E-state index contributed by atoms with van der Waals surface area (Å²) in [6.07, 6.45) is 1.98. The van der Waals surface area contributed by atoms with Crippen LogP contribution in [-0.2, 0) is 47.0 Å². The first-order valence-electron chi connectivity index (χ1n) is 19.2. The molecule has 3 heterocycles. The lowest BCUT2D eigenvalue weighted by Gasteiger charge is -2.35. The summed E-state index contributed by atoms with van der Waals surface area (Å²) in [7, 11) is -3.86. The summed E-state index contributed by atoms with van der Waals surface area (Å²) in [5, 5.41) is 5.05. The van der Waals surface area contributed by atoms with Crippen molar-refractivity contribution in [2.45, 2.75) is 128 Å². The standard InChI is InChI=1S/C38H53N5O10S/c1-5-24-18-38(24,34(47)41-54(50,51)26-13-14-26)19-30(44)29-17-25-21-43(29)33(46)31(37(2,3)4)40-35(48)52-16-9-7-6-8-15-39-32(45)27-12-10-11-23-20-42(22-28(23)27)36(49)53-25/h10-12,24-26,29,31H,5-9,13-22H2,1-4H3,(H,39,45)(H,40,48)(H,41,47)/t24-,25+,29?,31+,38-/m0/s1. The molecule has 3 fully saturated rings. The molecule has 0 aromatic heterocycles. The maximum atomic E-state index is 14.5. The van der Waals surface area contributed by atoms with E-state index in [4.69, 9.17) is 9.47 Å². The Kier molecular flexibility index (Phi) is 11.3. The highest BCUT2D eigenvalue weighted by molar-refractivity contribution is 7.90. The van der Waals surface area contributed by atoms with Gasteiger partial charge in [-0.3, -0.25) is 28.8 Å². The Morgan fingerprint density at radius 3 is 2.46 bits per heavy atom. The van der Waals surface area contributed by atoms with Gasteiger partial charge in [0.15, 0.2) is 5.78 Å². The van der Waals surface area contributed by atoms with E-state index in [0.29, 0.717) is 44.2 Å². The lowest BCUT2D eigenvalue weighted by atomic mass is 9.85. The van der Waals surface area contributed by atoms with Gasteiger partial charge in [0.25, 0.3) is 5.91 Å². The number of carbonyl (C=O) groups is 6. The Bertz CT molecular complexity index is 1790. The van der Waals surface area contributed by atoms with Crippen molar-refractivity contribution in [2.24, 2.45) is 16.7 Å². The summed E-state index contributed by atoms with van der Waals surface area (Å²) in [5.74, 6) is -2.19. The summed E-state index contributed by atoms with van der Waals surface area (Å²) < 4.78 is 39.1. The number of amides is 5. The molecule has 0 spiro atoms. The van der Waals surface area contributed by atoms with Crippen LogP contribution in [-0.4, -0.2) is 97.0 Å². The molecule has 1 saturated heterocycles. The number of ketones is 1. The van der Waals surface area contributed by atoms with Crippen LogP contribution in [0, 0.1) is 16.7 Å². The van der Waals surface area contributed by atoms with Gasteiger partial charge in [-0.25, -0.2) is 18.0 Å². The smallest absolute Gasteiger partial charge is 0.410 e. The number of benzene rings is 1. The molecule has 1 aromatic rings. The van der Waals surface area contributed by atoms with Gasteiger partial charge in [-0.15, -0.1) is 0 Å². The number of Topliss-reactive ketones (excluding diaryl/α,β-unsaturated/α-hetero) is 1. The summed E-state index contributed by atoms with van der Waals surface area (Å²) in [4.78, 5) is 84.9. The Morgan fingerprint density at radius 2 is 1.78 bits per heavy atom. The third-order valence-electron chi connectivity index (χ3n) is 11.5. The van der Waals surface area contributed by atoms with Gasteiger partial charge in [-0.1, -0.05) is 52.7 Å². The third kappa shape index (κ3) is 8.52. The highest BCUT2D eigenvalue weighted by Crippen LogP contribution is 2.58. The molecule has 1 aromatic carbocycles. The number of rotatable bonds is 7. The van der Waals surface area contributed by atoms with Crippen LogP contribution < -0.4 is 15.4 Å². The second kappa shape index (κ2) is 15.5. The quantitative estimate of drug-likeness (QED) is 0.369. The van der Waals surface area contributed by atoms with Gasteiger partial charge >= 0.3 is 12.2 Å². The summed E-state index contributed by atoms with van der Waals surface area (Å²) >= 11 is 0. The number of nitrogens with zero attached hydrogens (tertiary/aromatic N) is 2. The largest absolute Gasteiger partial charge is 0.450 e. The Labute approximate surface area is 316 Å². The molecule has 6 rings (SSSR count). The topological polar surface area (TPSA) is 198 Å². The monoisotopic (exact) mass is 771 g/mol. The van der Waals surface area contributed by atoms with E-state index in [1.165, 1.54) is 9.80 Å². The highest BCUT2D eigenvalue weighted by Gasteiger charge is 2.62. The lowest BCUT2D eigenvalue weighted by Crippen LogP contribution is -2.57. The van der Waals surface area contributed by atoms with Crippen LogP contribution in [0.1, 0.15) is 113 Å². The predicted octanol–water partition coefficient (Wildman–Crippen LogP) is 3.54. The van der Waals surface area contributed by atoms with E-state index in [1.54, 1.807) is 32.9 Å². The van der Waals surface area contributed by atoms with Crippen molar-refractivity contribution in [3.8, 4) is 0 Å². The number of sulfonamides is 1. The normalized spacial score (nSPS) is 28.5. The SMILES string of the molecule is CC[C@H]1C[C@@]1(CC(=O)C1C[C@@H]2CN1C(=O)[C@H](C(C)(C)C)NC(=O)OCCCCCCNC(=O)c1cccc3c1CN(C3)C(=O)O2)C(=O)NS(=O)(=O)C1CC1. The second-order valence-corrected chi connectivity index (χ2v) is 18.5. The molecule has 2 saturated carbocycles. The van der Waals surface area contributed by atoms with E-state index in [9.17, 15) is 37.2 Å². The number of carbonyl (C=O) groups excluding carboxylic acids is 6. The molecule has 54 heavy (non-hydrogen) atoms. The van der Waals surface area contributed by atoms with Crippen LogP contribution >= 0.6 is 0 Å². The van der Waals surface area contributed by atoms with Gasteiger partial charge in [0, 0.05) is 31.5 Å². The molecule has 3 N–H and O–H groups in total. The zero-order valence-corrected chi connectivity index (χ0v) is 32.4. The average Bonchev–Trinajstić information content (AvgIpc) is 4.00. The number of alkyl carbamates (subject to hydrolysis) is 1. The van der Waals surface area contributed by atoms with Gasteiger partial charge in [0.05, 0.1) is 36.4 Å².